The molecule has 3 aromatic rings. The highest BCUT2D eigenvalue weighted by atomic mass is 16.6. The third-order valence-electron chi connectivity index (χ3n) is 6.24. The van der Waals surface area contributed by atoms with Gasteiger partial charge in [0.05, 0.1) is 23.8 Å². The van der Waals surface area contributed by atoms with Crippen LogP contribution in [0, 0.1) is 21.4 Å². The number of amides is 2. The minimum atomic E-state index is -0.790. The first-order valence-electron chi connectivity index (χ1n) is 12.6. The number of carbonyl (C=O) groups excluding carboxylic acids is 3. The summed E-state index contributed by atoms with van der Waals surface area (Å²) in [5.41, 5.74) is 1.53. The molecule has 0 N–H and O–H groups in total. The van der Waals surface area contributed by atoms with Crippen LogP contribution >= 0.6 is 0 Å². The molecule has 0 aliphatic carbocycles. The molecule has 0 radical (unpaired) electrons. The second-order valence-corrected chi connectivity index (χ2v) is 8.86. The molecule has 0 unspecified atom stereocenters. The molecular formula is C29H25N5O7. The Labute approximate surface area is 234 Å². The number of para-hydroxylation sites is 1. The Morgan fingerprint density at radius 3 is 2.54 bits per heavy atom. The topological polar surface area (TPSA) is 158 Å². The maximum atomic E-state index is 13.5. The van der Waals surface area contributed by atoms with Crippen molar-refractivity contribution in [1.82, 2.24) is 14.7 Å². The number of nitriles is 1. The van der Waals surface area contributed by atoms with E-state index in [0.717, 1.165) is 4.90 Å². The number of aromatic nitrogens is 2. The van der Waals surface area contributed by atoms with Crippen molar-refractivity contribution < 1.29 is 28.8 Å². The van der Waals surface area contributed by atoms with E-state index < -0.39 is 22.7 Å². The van der Waals surface area contributed by atoms with Gasteiger partial charge in [-0.1, -0.05) is 18.2 Å². The normalized spacial score (nSPS) is 14.3. The predicted molar refractivity (Wildman–Crippen MR) is 146 cm³/mol. The molecule has 1 aliphatic rings. The molecule has 4 rings (SSSR count). The summed E-state index contributed by atoms with van der Waals surface area (Å²) >= 11 is 0. The first-order chi connectivity index (χ1) is 19.7. The average Bonchev–Trinajstić information content (AvgIpc) is 3.38. The van der Waals surface area contributed by atoms with Crippen molar-refractivity contribution in [3.63, 3.8) is 0 Å². The number of hydrogen-bond acceptors (Lipinski definition) is 9. The largest absolute Gasteiger partial charge is 0.487 e. The van der Waals surface area contributed by atoms with Crippen LogP contribution in [0.25, 0.3) is 23.0 Å². The zero-order valence-electron chi connectivity index (χ0n) is 22.5. The fraction of sp³-hybridized carbons (Fsp3) is 0.207. The van der Waals surface area contributed by atoms with Crippen molar-refractivity contribution in [3.8, 4) is 28.8 Å². The van der Waals surface area contributed by atoms with E-state index in [-0.39, 0.29) is 47.9 Å². The summed E-state index contributed by atoms with van der Waals surface area (Å²) in [6.07, 6.45) is 3.14. The molecule has 0 saturated carbocycles. The molecule has 0 spiro atoms. The molecular weight excluding hydrogens is 530 g/mol. The standard InChI is InChI=1S/C29H25N5O7/c1-4-40-26-11-10-20(15-25(26)34(38)39)27-21(17-33(31-27)22-8-6-5-7-9-22)14-23-18(2)24(16-30)29(37)32(28(23)36)12-13-41-19(3)35/h5-11,14-15,17H,4,12-13H2,1-3H3/b23-14+. The first-order valence-corrected chi connectivity index (χ1v) is 12.6. The summed E-state index contributed by atoms with van der Waals surface area (Å²) in [7, 11) is 0. The lowest BCUT2D eigenvalue weighted by Gasteiger charge is -2.27. The number of ether oxygens (including phenoxy) is 2. The van der Waals surface area contributed by atoms with Gasteiger partial charge in [0.2, 0.25) is 0 Å². The Morgan fingerprint density at radius 2 is 1.90 bits per heavy atom. The van der Waals surface area contributed by atoms with Gasteiger partial charge in [-0.15, -0.1) is 0 Å². The SMILES string of the molecule is CCOc1ccc(-c2nn(-c3ccccc3)cc2/C=C2/C(=O)N(CCOC(C)=O)C(=O)C(C#N)=C2C)cc1[N+](=O)[O-]. The van der Waals surface area contributed by atoms with Crippen molar-refractivity contribution in [1.29, 1.82) is 5.26 Å². The van der Waals surface area contributed by atoms with E-state index in [1.165, 1.54) is 32.1 Å². The molecule has 208 valence electrons. The van der Waals surface area contributed by atoms with Crippen LogP contribution in [0.3, 0.4) is 0 Å². The number of esters is 1. The zero-order chi connectivity index (χ0) is 29.7. The smallest absolute Gasteiger partial charge is 0.311 e. The van der Waals surface area contributed by atoms with Crippen molar-refractivity contribution in [2.75, 3.05) is 19.8 Å². The minimum Gasteiger partial charge on any atom is -0.487 e. The van der Waals surface area contributed by atoms with Crippen LogP contribution in [0.4, 0.5) is 5.69 Å². The number of carbonyl (C=O) groups is 3. The highest BCUT2D eigenvalue weighted by Gasteiger charge is 2.35. The summed E-state index contributed by atoms with van der Waals surface area (Å²) in [5, 5.41) is 26.2. The van der Waals surface area contributed by atoms with E-state index in [0.29, 0.717) is 22.5 Å². The van der Waals surface area contributed by atoms with Gasteiger partial charge in [-0.3, -0.25) is 29.4 Å². The number of nitro groups is 1. The summed E-state index contributed by atoms with van der Waals surface area (Å²) < 4.78 is 11.9. The van der Waals surface area contributed by atoms with E-state index in [2.05, 4.69) is 5.10 Å². The lowest BCUT2D eigenvalue weighted by atomic mass is 9.93. The van der Waals surface area contributed by atoms with Gasteiger partial charge in [0.1, 0.15) is 23.9 Å². The van der Waals surface area contributed by atoms with Crippen LogP contribution in [-0.2, 0) is 19.1 Å². The molecule has 1 aromatic heterocycles. The molecule has 0 saturated heterocycles. The van der Waals surface area contributed by atoms with Gasteiger partial charge in [-0.2, -0.15) is 10.4 Å². The Bertz CT molecular complexity index is 1650. The molecule has 12 heteroatoms. The molecule has 0 bridgehead atoms. The minimum absolute atomic E-state index is 0.0540. The highest BCUT2D eigenvalue weighted by molar-refractivity contribution is 6.19. The number of nitrogens with zero attached hydrogens (tertiary/aromatic N) is 5. The molecule has 0 atom stereocenters. The molecule has 2 amide bonds. The van der Waals surface area contributed by atoms with Crippen LogP contribution in [0.5, 0.6) is 5.75 Å². The lowest BCUT2D eigenvalue weighted by molar-refractivity contribution is -0.385. The number of rotatable bonds is 9. The van der Waals surface area contributed by atoms with Gasteiger partial charge in [-0.05, 0) is 49.8 Å². The van der Waals surface area contributed by atoms with Gasteiger partial charge in [0, 0.05) is 35.9 Å². The predicted octanol–water partition coefficient (Wildman–Crippen LogP) is 4.00. The van der Waals surface area contributed by atoms with Gasteiger partial charge < -0.3 is 9.47 Å². The highest BCUT2D eigenvalue weighted by Crippen LogP contribution is 2.35. The van der Waals surface area contributed by atoms with Crippen molar-refractivity contribution in [3.05, 3.63) is 87.1 Å². The monoisotopic (exact) mass is 555 g/mol. The molecule has 12 nitrogen and oxygen atoms in total. The van der Waals surface area contributed by atoms with E-state index in [9.17, 15) is 29.8 Å². The van der Waals surface area contributed by atoms with Crippen LogP contribution in [0.2, 0.25) is 0 Å². The van der Waals surface area contributed by atoms with E-state index in [1.54, 1.807) is 23.9 Å². The van der Waals surface area contributed by atoms with Crippen molar-refractivity contribution in [2.45, 2.75) is 20.8 Å². The Balaban J connectivity index is 1.89. The van der Waals surface area contributed by atoms with Crippen LogP contribution in [0.1, 0.15) is 26.3 Å². The summed E-state index contributed by atoms with van der Waals surface area (Å²) in [4.78, 5) is 49.7. The molecule has 2 aromatic carbocycles. The molecule has 2 heterocycles. The maximum absolute atomic E-state index is 13.5. The summed E-state index contributed by atoms with van der Waals surface area (Å²) in [6, 6.07) is 15.4. The molecule has 41 heavy (non-hydrogen) atoms. The van der Waals surface area contributed by atoms with Gasteiger partial charge in [-0.25, -0.2) is 4.68 Å². The summed E-state index contributed by atoms with van der Waals surface area (Å²) in [5.74, 6) is -1.95. The number of nitro benzene ring substituents is 1. The fourth-order valence-electron chi connectivity index (χ4n) is 4.28. The van der Waals surface area contributed by atoms with Gasteiger partial charge in [0.15, 0.2) is 5.75 Å². The number of benzene rings is 2. The van der Waals surface area contributed by atoms with Crippen molar-refractivity contribution >= 4 is 29.5 Å². The van der Waals surface area contributed by atoms with Crippen LogP contribution in [0.15, 0.2) is 71.4 Å². The molecule has 1 aliphatic heterocycles. The van der Waals surface area contributed by atoms with E-state index in [4.69, 9.17) is 9.47 Å². The van der Waals surface area contributed by atoms with E-state index in [1.807, 2.05) is 36.4 Å². The second-order valence-electron chi connectivity index (χ2n) is 8.86. The van der Waals surface area contributed by atoms with E-state index >= 15 is 0 Å². The Morgan fingerprint density at radius 1 is 1.17 bits per heavy atom. The zero-order valence-corrected chi connectivity index (χ0v) is 22.5. The van der Waals surface area contributed by atoms with Gasteiger partial charge in [0.25, 0.3) is 11.8 Å². The quantitative estimate of drug-likeness (QED) is 0.125. The third-order valence-corrected chi connectivity index (χ3v) is 6.24. The number of hydrogen-bond donors (Lipinski definition) is 0. The third kappa shape index (κ3) is 5.89. The van der Waals surface area contributed by atoms with Crippen LogP contribution < -0.4 is 4.74 Å². The maximum Gasteiger partial charge on any atom is 0.311 e. The Kier molecular flexibility index (Phi) is 8.38. The average molecular weight is 556 g/mol. The second kappa shape index (κ2) is 12.1. The first kappa shape index (κ1) is 28.4. The summed E-state index contributed by atoms with van der Waals surface area (Å²) in [6.45, 7) is 4.18. The fourth-order valence-corrected chi connectivity index (χ4v) is 4.28. The van der Waals surface area contributed by atoms with Crippen LogP contribution in [-0.4, -0.2) is 57.1 Å². The molecule has 0 fully saturated rings. The van der Waals surface area contributed by atoms with Crippen molar-refractivity contribution in [2.24, 2.45) is 0 Å². The Hall–Kier alpha value is -5.57. The lowest BCUT2D eigenvalue weighted by Crippen LogP contribution is -2.44. The van der Waals surface area contributed by atoms with Gasteiger partial charge >= 0.3 is 11.7 Å². The number of imide groups is 1.